The second kappa shape index (κ2) is 8.55. The fourth-order valence-electron chi connectivity index (χ4n) is 3.49. The van der Waals surface area contributed by atoms with Gasteiger partial charge in [-0.2, -0.15) is 16.9 Å². The number of aliphatic imine (C=N–C) groups is 1. The first-order chi connectivity index (χ1) is 10.7. The summed E-state index contributed by atoms with van der Waals surface area (Å²) in [6.45, 7) is 2.86. The van der Waals surface area contributed by atoms with Gasteiger partial charge in [0.2, 0.25) is 0 Å². The number of nitrogens with one attached hydrogen (secondary N) is 1. The van der Waals surface area contributed by atoms with E-state index in [1.165, 1.54) is 37.9 Å². The van der Waals surface area contributed by atoms with Gasteiger partial charge in [0.25, 0.3) is 0 Å². The van der Waals surface area contributed by atoms with Gasteiger partial charge in [0.1, 0.15) is 12.2 Å². The molecule has 0 aromatic carbocycles. The fourth-order valence-corrected chi connectivity index (χ4v) is 5.06. The molecule has 0 amide bonds. The van der Waals surface area contributed by atoms with Crippen LogP contribution in [-0.4, -0.2) is 56.3 Å². The Morgan fingerprint density at radius 2 is 2.17 bits per heavy atom. The predicted molar refractivity (Wildman–Crippen MR) is 106 cm³/mol. The molecule has 1 spiro atoms. The minimum absolute atomic E-state index is 0. The van der Waals surface area contributed by atoms with Crippen LogP contribution in [0, 0.1) is 0 Å². The Kier molecular flexibility index (Phi) is 7.00. The maximum absolute atomic E-state index is 4.48. The van der Waals surface area contributed by atoms with Crippen molar-refractivity contribution in [3.63, 3.8) is 0 Å². The Morgan fingerprint density at radius 1 is 1.39 bits per heavy atom. The van der Waals surface area contributed by atoms with Crippen molar-refractivity contribution < 1.29 is 0 Å². The summed E-state index contributed by atoms with van der Waals surface area (Å²) >= 11 is 2.19. The second-order valence-electron chi connectivity index (χ2n) is 6.21. The molecule has 23 heavy (non-hydrogen) atoms. The first-order valence-electron chi connectivity index (χ1n) is 8.15. The maximum Gasteiger partial charge on any atom is 0.194 e. The van der Waals surface area contributed by atoms with Gasteiger partial charge in [-0.05, 0) is 12.8 Å². The highest BCUT2D eigenvalue weighted by molar-refractivity contribution is 14.0. The van der Waals surface area contributed by atoms with Gasteiger partial charge in [-0.3, -0.25) is 9.67 Å². The lowest BCUT2D eigenvalue weighted by molar-refractivity contribution is 0.293. The molecule has 2 heterocycles. The molecule has 6 nitrogen and oxygen atoms in total. The number of rotatable bonds is 2. The van der Waals surface area contributed by atoms with E-state index in [1.807, 2.05) is 14.1 Å². The molecular weight excluding hydrogens is 423 g/mol. The molecule has 0 radical (unpaired) electrons. The van der Waals surface area contributed by atoms with E-state index in [2.05, 4.69) is 37.1 Å². The van der Waals surface area contributed by atoms with Crippen LogP contribution in [0.5, 0.6) is 0 Å². The van der Waals surface area contributed by atoms with Gasteiger partial charge in [-0.1, -0.05) is 19.3 Å². The van der Waals surface area contributed by atoms with Crippen LogP contribution < -0.4 is 5.32 Å². The molecule has 1 aromatic heterocycles. The van der Waals surface area contributed by atoms with E-state index in [-0.39, 0.29) is 24.0 Å². The van der Waals surface area contributed by atoms with Gasteiger partial charge in [0.05, 0.1) is 6.54 Å². The number of aromatic nitrogens is 3. The SMILES string of the molecule is CN=C(NCc1ncnn1C)N1CCSC2(CCCCC2)C1.I. The normalized spacial score (nSPS) is 21.1. The number of aryl methyl sites for hydroxylation is 1. The summed E-state index contributed by atoms with van der Waals surface area (Å²) < 4.78 is 2.26. The van der Waals surface area contributed by atoms with Crippen molar-refractivity contribution >= 4 is 41.7 Å². The quantitative estimate of drug-likeness (QED) is 0.426. The molecule has 1 aliphatic carbocycles. The van der Waals surface area contributed by atoms with Gasteiger partial charge in [0.15, 0.2) is 5.96 Å². The molecule has 130 valence electrons. The van der Waals surface area contributed by atoms with E-state index >= 15 is 0 Å². The van der Waals surface area contributed by atoms with Crippen LogP contribution in [0.2, 0.25) is 0 Å². The summed E-state index contributed by atoms with van der Waals surface area (Å²) in [7, 11) is 3.79. The molecule has 1 saturated heterocycles. The van der Waals surface area contributed by atoms with Gasteiger partial charge in [-0.15, -0.1) is 24.0 Å². The Bertz CT molecular complexity index is 520. The molecule has 1 saturated carbocycles. The summed E-state index contributed by atoms with van der Waals surface area (Å²) in [6.07, 6.45) is 8.47. The van der Waals surface area contributed by atoms with E-state index in [0.29, 0.717) is 11.3 Å². The average Bonchev–Trinajstić information content (AvgIpc) is 2.94. The maximum atomic E-state index is 4.48. The highest BCUT2D eigenvalue weighted by Gasteiger charge is 2.38. The van der Waals surface area contributed by atoms with Crippen molar-refractivity contribution in [2.45, 2.75) is 43.4 Å². The molecule has 0 unspecified atom stereocenters. The summed E-state index contributed by atoms with van der Waals surface area (Å²) in [5, 5.41) is 7.56. The molecular formula is C15H27IN6S. The molecule has 1 aliphatic heterocycles. The molecule has 3 rings (SSSR count). The highest BCUT2D eigenvalue weighted by Crippen LogP contribution is 2.42. The number of hydrogen-bond acceptors (Lipinski definition) is 4. The van der Waals surface area contributed by atoms with Crippen LogP contribution in [0.25, 0.3) is 0 Å². The molecule has 1 N–H and O–H groups in total. The van der Waals surface area contributed by atoms with Crippen LogP contribution in [0.3, 0.4) is 0 Å². The number of halogens is 1. The monoisotopic (exact) mass is 450 g/mol. The lowest BCUT2D eigenvalue weighted by Crippen LogP contribution is -2.53. The smallest absolute Gasteiger partial charge is 0.194 e. The zero-order chi connectivity index (χ0) is 15.4. The third kappa shape index (κ3) is 4.52. The van der Waals surface area contributed by atoms with Gasteiger partial charge >= 0.3 is 0 Å². The van der Waals surface area contributed by atoms with Gasteiger partial charge < -0.3 is 10.2 Å². The van der Waals surface area contributed by atoms with Crippen molar-refractivity contribution in [1.82, 2.24) is 25.0 Å². The number of guanidine groups is 1. The van der Waals surface area contributed by atoms with Crippen molar-refractivity contribution in [3.05, 3.63) is 12.2 Å². The number of nitrogens with zero attached hydrogens (tertiary/aromatic N) is 5. The van der Waals surface area contributed by atoms with Crippen molar-refractivity contribution in [2.24, 2.45) is 12.0 Å². The summed E-state index contributed by atoms with van der Waals surface area (Å²) in [4.78, 5) is 11.2. The summed E-state index contributed by atoms with van der Waals surface area (Å²) in [5.74, 6) is 3.12. The van der Waals surface area contributed by atoms with E-state index in [0.717, 1.165) is 24.9 Å². The van der Waals surface area contributed by atoms with Gasteiger partial charge in [0, 0.05) is 37.7 Å². The Hall–Kier alpha value is -0.510. The zero-order valence-corrected chi connectivity index (χ0v) is 17.1. The largest absolute Gasteiger partial charge is 0.349 e. The number of hydrogen-bond donors (Lipinski definition) is 1. The lowest BCUT2D eigenvalue weighted by atomic mass is 9.87. The van der Waals surface area contributed by atoms with Crippen LogP contribution >= 0.6 is 35.7 Å². The highest BCUT2D eigenvalue weighted by atomic mass is 127. The second-order valence-corrected chi connectivity index (χ2v) is 7.78. The Labute approximate surface area is 159 Å². The van der Waals surface area contributed by atoms with Crippen LogP contribution in [0.1, 0.15) is 37.9 Å². The third-order valence-corrected chi connectivity index (χ3v) is 6.27. The summed E-state index contributed by atoms with van der Waals surface area (Å²) in [6, 6.07) is 0. The van der Waals surface area contributed by atoms with Crippen molar-refractivity contribution in [2.75, 3.05) is 25.9 Å². The minimum atomic E-state index is 0. The van der Waals surface area contributed by atoms with Crippen LogP contribution in [-0.2, 0) is 13.6 Å². The molecule has 1 aromatic rings. The summed E-state index contributed by atoms with van der Waals surface area (Å²) in [5.41, 5.74) is 0. The first kappa shape index (κ1) is 18.8. The zero-order valence-electron chi connectivity index (χ0n) is 14.0. The molecule has 2 fully saturated rings. The molecule has 8 heteroatoms. The van der Waals surface area contributed by atoms with Crippen LogP contribution in [0.15, 0.2) is 11.3 Å². The third-order valence-electron chi connectivity index (χ3n) is 4.73. The van der Waals surface area contributed by atoms with Crippen molar-refractivity contribution in [1.29, 1.82) is 0 Å². The average molecular weight is 450 g/mol. The first-order valence-corrected chi connectivity index (χ1v) is 9.13. The lowest BCUT2D eigenvalue weighted by Gasteiger charge is -2.45. The van der Waals surface area contributed by atoms with Gasteiger partial charge in [-0.25, -0.2) is 4.98 Å². The fraction of sp³-hybridized carbons (Fsp3) is 0.800. The van der Waals surface area contributed by atoms with E-state index in [9.17, 15) is 0 Å². The standard InChI is InChI=1S/C15H26N6S.HI/c1-16-14(17-10-13-18-12-19-20(13)2)21-8-9-22-15(11-21)6-4-3-5-7-15;/h12H,3-11H2,1-2H3,(H,16,17);1H. The molecule has 2 aliphatic rings. The number of thioether (sulfide) groups is 1. The topological polar surface area (TPSA) is 58.3 Å². The van der Waals surface area contributed by atoms with Crippen molar-refractivity contribution in [3.8, 4) is 0 Å². The Morgan fingerprint density at radius 3 is 2.83 bits per heavy atom. The van der Waals surface area contributed by atoms with E-state index in [4.69, 9.17) is 0 Å². The Balaban J connectivity index is 0.00000192. The van der Waals surface area contributed by atoms with Crippen LogP contribution in [0.4, 0.5) is 0 Å². The molecule has 0 bridgehead atoms. The predicted octanol–water partition coefficient (Wildman–Crippen LogP) is 2.26. The minimum Gasteiger partial charge on any atom is -0.349 e. The van der Waals surface area contributed by atoms with E-state index < -0.39 is 0 Å². The molecule has 0 atom stereocenters. The van der Waals surface area contributed by atoms with E-state index in [1.54, 1.807) is 11.0 Å².